The Morgan fingerprint density at radius 2 is 1.86 bits per heavy atom. The van der Waals surface area contributed by atoms with Gasteiger partial charge in [-0.1, -0.05) is 30.3 Å². The SMILES string of the molecule is CC(C)(CO)NC(=O)[C@H]1CCCN(C2CCN(CCc3ccccc3)CC2)C1. The van der Waals surface area contributed by atoms with Gasteiger partial charge < -0.3 is 15.3 Å². The van der Waals surface area contributed by atoms with E-state index in [1.807, 2.05) is 13.8 Å². The standard InChI is InChI=1S/C23H37N3O2/c1-23(2,18-27)24-22(28)20-9-6-13-26(17-20)21-11-15-25(16-12-21)14-10-19-7-4-3-5-8-19/h3-5,7-8,20-21,27H,6,9-18H2,1-2H3,(H,24,28)/t20-/m0/s1. The minimum Gasteiger partial charge on any atom is -0.394 e. The summed E-state index contributed by atoms with van der Waals surface area (Å²) in [6, 6.07) is 11.3. The number of hydrogen-bond donors (Lipinski definition) is 2. The number of hydrogen-bond acceptors (Lipinski definition) is 4. The van der Waals surface area contributed by atoms with Crippen LogP contribution < -0.4 is 5.32 Å². The second-order valence-electron chi connectivity index (χ2n) is 9.17. The molecular weight excluding hydrogens is 350 g/mol. The zero-order chi connectivity index (χ0) is 20.0. The normalized spacial score (nSPS) is 22.9. The molecule has 2 saturated heterocycles. The van der Waals surface area contributed by atoms with Crippen molar-refractivity contribution in [1.29, 1.82) is 0 Å². The first-order valence-electron chi connectivity index (χ1n) is 10.9. The maximum Gasteiger partial charge on any atom is 0.224 e. The van der Waals surface area contributed by atoms with Crippen molar-refractivity contribution in [3.63, 3.8) is 0 Å². The summed E-state index contributed by atoms with van der Waals surface area (Å²) in [6.45, 7) is 9.14. The van der Waals surface area contributed by atoms with Gasteiger partial charge in [0.1, 0.15) is 0 Å². The molecule has 0 radical (unpaired) electrons. The van der Waals surface area contributed by atoms with Crippen LogP contribution in [0.3, 0.4) is 0 Å². The number of carbonyl (C=O) groups excluding carboxylic acids is 1. The Labute approximate surface area is 170 Å². The zero-order valence-electron chi connectivity index (χ0n) is 17.6. The summed E-state index contributed by atoms with van der Waals surface area (Å²) in [5.41, 5.74) is 0.879. The molecule has 2 heterocycles. The van der Waals surface area contributed by atoms with E-state index in [-0.39, 0.29) is 18.4 Å². The summed E-state index contributed by atoms with van der Waals surface area (Å²) in [5, 5.41) is 12.4. The number of nitrogens with zero attached hydrogens (tertiary/aromatic N) is 2. The molecule has 5 nitrogen and oxygen atoms in total. The van der Waals surface area contributed by atoms with Crippen LogP contribution in [-0.2, 0) is 11.2 Å². The summed E-state index contributed by atoms with van der Waals surface area (Å²) >= 11 is 0. The summed E-state index contributed by atoms with van der Waals surface area (Å²) in [4.78, 5) is 17.8. The molecule has 1 amide bonds. The lowest BCUT2D eigenvalue weighted by Gasteiger charge is -2.42. The number of aliphatic hydroxyl groups excluding tert-OH is 1. The minimum absolute atomic E-state index is 0.0311. The summed E-state index contributed by atoms with van der Waals surface area (Å²) in [6.07, 6.45) is 5.57. The van der Waals surface area contributed by atoms with Gasteiger partial charge in [-0.05, 0) is 71.1 Å². The van der Waals surface area contributed by atoms with Crippen LogP contribution in [0.5, 0.6) is 0 Å². The van der Waals surface area contributed by atoms with E-state index in [4.69, 9.17) is 0 Å². The Balaban J connectivity index is 1.43. The molecule has 0 aromatic heterocycles. The molecule has 1 aromatic carbocycles. The molecule has 156 valence electrons. The molecule has 2 aliphatic rings. The van der Waals surface area contributed by atoms with Gasteiger partial charge in [0.15, 0.2) is 0 Å². The van der Waals surface area contributed by atoms with Crippen LogP contribution in [-0.4, -0.2) is 71.7 Å². The predicted octanol–water partition coefficient (Wildman–Crippen LogP) is 2.29. The fourth-order valence-electron chi connectivity index (χ4n) is 4.47. The highest BCUT2D eigenvalue weighted by atomic mass is 16.3. The predicted molar refractivity (Wildman–Crippen MR) is 113 cm³/mol. The van der Waals surface area contributed by atoms with Crippen molar-refractivity contribution < 1.29 is 9.90 Å². The van der Waals surface area contributed by atoms with Crippen LogP contribution in [0.2, 0.25) is 0 Å². The molecule has 0 spiro atoms. The average molecular weight is 388 g/mol. The quantitative estimate of drug-likeness (QED) is 0.754. The molecule has 0 bridgehead atoms. The highest BCUT2D eigenvalue weighted by Gasteiger charge is 2.33. The number of piperidine rings is 2. The highest BCUT2D eigenvalue weighted by Crippen LogP contribution is 2.24. The topological polar surface area (TPSA) is 55.8 Å². The summed E-state index contributed by atoms with van der Waals surface area (Å²) in [5.74, 6) is 0.153. The zero-order valence-corrected chi connectivity index (χ0v) is 17.6. The number of aliphatic hydroxyl groups is 1. The smallest absolute Gasteiger partial charge is 0.224 e. The van der Waals surface area contributed by atoms with Crippen LogP contribution in [0.25, 0.3) is 0 Å². The fraction of sp³-hybridized carbons (Fsp3) is 0.696. The van der Waals surface area contributed by atoms with Crippen molar-refractivity contribution >= 4 is 5.91 Å². The van der Waals surface area contributed by atoms with Gasteiger partial charge in [-0.2, -0.15) is 0 Å². The van der Waals surface area contributed by atoms with Crippen molar-refractivity contribution in [1.82, 2.24) is 15.1 Å². The van der Waals surface area contributed by atoms with Gasteiger partial charge in [0.2, 0.25) is 5.91 Å². The van der Waals surface area contributed by atoms with Crippen LogP contribution >= 0.6 is 0 Å². The third-order valence-corrected chi connectivity index (χ3v) is 6.31. The van der Waals surface area contributed by atoms with Crippen LogP contribution in [0, 0.1) is 5.92 Å². The first-order chi connectivity index (χ1) is 13.5. The third-order valence-electron chi connectivity index (χ3n) is 6.31. The first-order valence-corrected chi connectivity index (χ1v) is 10.9. The molecule has 0 saturated carbocycles. The van der Waals surface area contributed by atoms with Crippen LogP contribution in [0.4, 0.5) is 0 Å². The maximum absolute atomic E-state index is 12.6. The Bertz CT molecular complexity index is 612. The molecule has 3 rings (SSSR count). The van der Waals surface area contributed by atoms with E-state index < -0.39 is 5.54 Å². The van der Waals surface area contributed by atoms with Gasteiger partial charge in [0, 0.05) is 19.1 Å². The molecule has 2 aliphatic heterocycles. The van der Waals surface area contributed by atoms with E-state index in [1.165, 1.54) is 18.4 Å². The van der Waals surface area contributed by atoms with Crippen molar-refractivity contribution in [2.75, 3.05) is 39.3 Å². The minimum atomic E-state index is -0.538. The second kappa shape index (κ2) is 9.86. The van der Waals surface area contributed by atoms with Crippen molar-refractivity contribution in [2.45, 2.75) is 57.5 Å². The van der Waals surface area contributed by atoms with E-state index in [2.05, 4.69) is 45.4 Å². The molecule has 28 heavy (non-hydrogen) atoms. The fourth-order valence-corrected chi connectivity index (χ4v) is 4.47. The van der Waals surface area contributed by atoms with Gasteiger partial charge in [-0.15, -0.1) is 0 Å². The monoisotopic (exact) mass is 387 g/mol. The van der Waals surface area contributed by atoms with Gasteiger partial charge in [0.25, 0.3) is 0 Å². The maximum atomic E-state index is 12.6. The Hall–Kier alpha value is -1.43. The van der Waals surface area contributed by atoms with E-state index >= 15 is 0 Å². The number of nitrogens with one attached hydrogen (secondary N) is 1. The third kappa shape index (κ3) is 6.03. The van der Waals surface area contributed by atoms with Gasteiger partial charge in [-0.25, -0.2) is 0 Å². The molecule has 0 unspecified atom stereocenters. The lowest BCUT2D eigenvalue weighted by Crippen LogP contribution is -2.54. The lowest BCUT2D eigenvalue weighted by atomic mass is 9.92. The molecular formula is C23H37N3O2. The number of benzene rings is 1. The largest absolute Gasteiger partial charge is 0.394 e. The Morgan fingerprint density at radius 1 is 1.14 bits per heavy atom. The Kier molecular flexibility index (Phi) is 7.49. The van der Waals surface area contributed by atoms with Gasteiger partial charge >= 0.3 is 0 Å². The summed E-state index contributed by atoms with van der Waals surface area (Å²) in [7, 11) is 0. The number of rotatable bonds is 7. The highest BCUT2D eigenvalue weighted by molar-refractivity contribution is 5.79. The first kappa shape index (κ1) is 21.3. The van der Waals surface area contributed by atoms with Crippen molar-refractivity contribution in [2.24, 2.45) is 5.92 Å². The molecule has 2 fully saturated rings. The Morgan fingerprint density at radius 3 is 2.54 bits per heavy atom. The second-order valence-corrected chi connectivity index (χ2v) is 9.17. The lowest BCUT2D eigenvalue weighted by molar-refractivity contribution is -0.129. The number of likely N-dealkylation sites (tertiary alicyclic amines) is 2. The average Bonchev–Trinajstić information content (AvgIpc) is 2.73. The molecule has 2 N–H and O–H groups in total. The number of amides is 1. The molecule has 0 aliphatic carbocycles. The molecule has 1 aromatic rings. The van der Waals surface area contributed by atoms with E-state index in [1.54, 1.807) is 0 Å². The van der Waals surface area contributed by atoms with Crippen molar-refractivity contribution in [3.05, 3.63) is 35.9 Å². The van der Waals surface area contributed by atoms with Crippen molar-refractivity contribution in [3.8, 4) is 0 Å². The van der Waals surface area contributed by atoms with Gasteiger partial charge in [-0.3, -0.25) is 9.69 Å². The van der Waals surface area contributed by atoms with E-state index in [0.717, 1.165) is 52.0 Å². The number of carbonyl (C=O) groups is 1. The van der Waals surface area contributed by atoms with Crippen LogP contribution in [0.1, 0.15) is 45.1 Å². The molecule has 5 heteroatoms. The van der Waals surface area contributed by atoms with E-state index in [9.17, 15) is 9.90 Å². The summed E-state index contributed by atoms with van der Waals surface area (Å²) < 4.78 is 0. The molecule has 1 atom stereocenters. The van der Waals surface area contributed by atoms with Gasteiger partial charge in [0.05, 0.1) is 18.1 Å². The van der Waals surface area contributed by atoms with Crippen LogP contribution in [0.15, 0.2) is 30.3 Å². The van der Waals surface area contributed by atoms with E-state index in [0.29, 0.717) is 6.04 Å².